The van der Waals surface area contributed by atoms with Gasteiger partial charge in [-0.2, -0.15) is 0 Å². The second-order valence-corrected chi connectivity index (χ2v) is 4.39. The summed E-state index contributed by atoms with van der Waals surface area (Å²) in [5, 5.41) is 0. The van der Waals surface area contributed by atoms with Gasteiger partial charge in [-0.1, -0.05) is 6.92 Å². The smallest absolute Gasteiger partial charge is 0.137 e. The lowest BCUT2D eigenvalue weighted by Crippen LogP contribution is -2.04. The summed E-state index contributed by atoms with van der Waals surface area (Å²) in [6.07, 6.45) is 3.60. The third kappa shape index (κ3) is 0.320. The molecule has 4 unspecified atom stereocenters. The van der Waals surface area contributed by atoms with E-state index in [1.54, 1.807) is 0 Å². The third-order valence-corrected chi connectivity index (χ3v) is 4.26. The number of carbonyl (C=O) groups is 1. The van der Waals surface area contributed by atoms with Crippen molar-refractivity contribution in [3.63, 3.8) is 0 Å². The molecular formula is C9H12O. The minimum absolute atomic E-state index is 0.511. The first-order valence-corrected chi connectivity index (χ1v) is 4.27. The Balaban J connectivity index is 2.11. The molecule has 0 N–H and O–H groups in total. The Labute approximate surface area is 60.8 Å². The first kappa shape index (κ1) is 5.34. The summed E-state index contributed by atoms with van der Waals surface area (Å²) in [6, 6.07) is 0. The maximum absolute atomic E-state index is 11.3. The minimum atomic E-state index is 0.511. The molecule has 1 nitrogen and oxygen atoms in total. The van der Waals surface area contributed by atoms with Gasteiger partial charge in [-0.3, -0.25) is 4.79 Å². The van der Waals surface area contributed by atoms with Crippen molar-refractivity contribution in [1.82, 2.24) is 0 Å². The fourth-order valence-electron chi connectivity index (χ4n) is 3.61. The topological polar surface area (TPSA) is 17.1 Å². The lowest BCUT2D eigenvalue weighted by atomic mass is 9.94. The van der Waals surface area contributed by atoms with Gasteiger partial charge < -0.3 is 0 Å². The molecule has 3 aliphatic rings. The van der Waals surface area contributed by atoms with Crippen LogP contribution in [0.25, 0.3) is 0 Å². The molecule has 10 heavy (non-hydrogen) atoms. The third-order valence-electron chi connectivity index (χ3n) is 4.26. The molecule has 3 fully saturated rings. The zero-order valence-electron chi connectivity index (χ0n) is 6.26. The van der Waals surface area contributed by atoms with Crippen molar-refractivity contribution in [2.75, 3.05) is 0 Å². The lowest BCUT2D eigenvalue weighted by molar-refractivity contribution is -0.119. The van der Waals surface area contributed by atoms with Gasteiger partial charge in [-0.05, 0) is 30.1 Å². The largest absolute Gasteiger partial charge is 0.299 e. The molecule has 0 amide bonds. The average Bonchev–Trinajstić information content (AvgIpc) is 2.34. The van der Waals surface area contributed by atoms with E-state index >= 15 is 0 Å². The molecular weight excluding hydrogens is 124 g/mol. The SMILES string of the molecule is CC12C3CCC1C2C(=O)C3. The van der Waals surface area contributed by atoms with Crippen LogP contribution in [0.4, 0.5) is 0 Å². The molecule has 0 spiro atoms. The van der Waals surface area contributed by atoms with E-state index in [9.17, 15) is 4.79 Å². The fourth-order valence-corrected chi connectivity index (χ4v) is 3.61. The van der Waals surface area contributed by atoms with Crippen LogP contribution >= 0.6 is 0 Å². The Morgan fingerprint density at radius 2 is 2.30 bits per heavy atom. The van der Waals surface area contributed by atoms with Gasteiger partial charge >= 0.3 is 0 Å². The first-order chi connectivity index (χ1) is 4.74. The molecule has 1 heteroatoms. The number of rotatable bonds is 0. The summed E-state index contributed by atoms with van der Waals surface area (Å²) < 4.78 is 0. The number of fused-ring (bicyclic) bond motifs is 1. The molecule has 0 aliphatic heterocycles. The van der Waals surface area contributed by atoms with E-state index in [1.807, 2.05) is 0 Å². The predicted octanol–water partition coefficient (Wildman–Crippen LogP) is 1.62. The average molecular weight is 136 g/mol. The van der Waals surface area contributed by atoms with Crippen LogP contribution in [0.15, 0.2) is 0 Å². The van der Waals surface area contributed by atoms with Gasteiger partial charge in [0.2, 0.25) is 0 Å². The molecule has 3 aliphatic carbocycles. The van der Waals surface area contributed by atoms with E-state index in [2.05, 4.69) is 6.92 Å². The zero-order chi connectivity index (χ0) is 6.93. The molecule has 0 bridgehead atoms. The van der Waals surface area contributed by atoms with E-state index in [-0.39, 0.29) is 0 Å². The quantitative estimate of drug-likeness (QED) is 0.494. The van der Waals surface area contributed by atoms with E-state index < -0.39 is 0 Å². The van der Waals surface area contributed by atoms with Crippen molar-refractivity contribution < 1.29 is 4.79 Å². The predicted molar refractivity (Wildman–Crippen MR) is 37.4 cm³/mol. The van der Waals surface area contributed by atoms with Crippen molar-refractivity contribution in [1.29, 1.82) is 0 Å². The highest BCUT2D eigenvalue weighted by molar-refractivity contribution is 5.89. The van der Waals surface area contributed by atoms with E-state index in [0.29, 0.717) is 17.1 Å². The maximum Gasteiger partial charge on any atom is 0.137 e. The van der Waals surface area contributed by atoms with Crippen molar-refractivity contribution >= 4 is 5.78 Å². The highest BCUT2D eigenvalue weighted by Gasteiger charge is 2.74. The Morgan fingerprint density at radius 1 is 1.50 bits per heavy atom. The van der Waals surface area contributed by atoms with Gasteiger partial charge in [-0.25, -0.2) is 0 Å². The van der Waals surface area contributed by atoms with E-state index in [0.717, 1.165) is 18.3 Å². The highest BCUT2D eigenvalue weighted by atomic mass is 16.1. The van der Waals surface area contributed by atoms with Crippen LogP contribution in [0.2, 0.25) is 0 Å². The molecule has 54 valence electrons. The second kappa shape index (κ2) is 1.19. The molecule has 0 aromatic heterocycles. The first-order valence-electron chi connectivity index (χ1n) is 4.27. The van der Waals surface area contributed by atoms with Crippen LogP contribution in [0.1, 0.15) is 26.2 Å². The second-order valence-electron chi connectivity index (χ2n) is 4.39. The van der Waals surface area contributed by atoms with Gasteiger partial charge in [0.25, 0.3) is 0 Å². The van der Waals surface area contributed by atoms with Crippen LogP contribution in [-0.2, 0) is 4.79 Å². The maximum atomic E-state index is 11.3. The summed E-state index contributed by atoms with van der Waals surface area (Å²) in [5.41, 5.74) is 0.511. The molecule has 0 aromatic carbocycles. The highest BCUT2D eigenvalue weighted by Crippen LogP contribution is 2.76. The summed E-state index contributed by atoms with van der Waals surface area (Å²) in [6.45, 7) is 2.32. The monoisotopic (exact) mass is 136 g/mol. The molecule has 0 aromatic rings. The van der Waals surface area contributed by atoms with Crippen LogP contribution in [0.3, 0.4) is 0 Å². The van der Waals surface area contributed by atoms with E-state index in [4.69, 9.17) is 0 Å². The van der Waals surface area contributed by atoms with Crippen LogP contribution in [0, 0.1) is 23.2 Å². The number of hydrogen-bond acceptors (Lipinski definition) is 1. The molecule has 3 rings (SSSR count). The summed E-state index contributed by atoms with van der Waals surface area (Å²) in [7, 11) is 0. The van der Waals surface area contributed by atoms with Gasteiger partial charge in [0.15, 0.2) is 0 Å². The van der Waals surface area contributed by atoms with E-state index in [1.165, 1.54) is 12.8 Å². The minimum Gasteiger partial charge on any atom is -0.299 e. The molecule has 0 saturated heterocycles. The normalized spacial score (nSPS) is 62.9. The Kier molecular flexibility index (Phi) is 0.637. The van der Waals surface area contributed by atoms with Gasteiger partial charge in [0, 0.05) is 12.3 Å². The number of Topliss-reactive ketones (excluding diaryl/α,β-unsaturated/α-hetero) is 1. The zero-order valence-corrected chi connectivity index (χ0v) is 6.26. The summed E-state index contributed by atoms with van der Waals surface area (Å²) in [4.78, 5) is 11.3. The standard InChI is InChI=1S/C9H12O/c1-9-5-2-3-6(9)8(9)7(10)4-5/h5-6,8H,2-4H2,1H3. The Bertz CT molecular complexity index is 221. The number of ketones is 1. The van der Waals surface area contributed by atoms with Crippen molar-refractivity contribution in [3.8, 4) is 0 Å². The molecule has 4 atom stereocenters. The van der Waals surface area contributed by atoms with Crippen molar-refractivity contribution in [3.05, 3.63) is 0 Å². The van der Waals surface area contributed by atoms with Crippen LogP contribution in [0.5, 0.6) is 0 Å². The van der Waals surface area contributed by atoms with Crippen molar-refractivity contribution in [2.45, 2.75) is 26.2 Å². The lowest BCUT2D eigenvalue weighted by Gasteiger charge is -2.09. The summed E-state index contributed by atoms with van der Waals surface area (Å²) >= 11 is 0. The van der Waals surface area contributed by atoms with Crippen LogP contribution < -0.4 is 0 Å². The Hall–Kier alpha value is -0.330. The van der Waals surface area contributed by atoms with Gasteiger partial charge in [-0.15, -0.1) is 0 Å². The molecule has 3 saturated carbocycles. The molecule has 0 heterocycles. The van der Waals surface area contributed by atoms with Gasteiger partial charge in [0.1, 0.15) is 5.78 Å². The fraction of sp³-hybridized carbons (Fsp3) is 0.889. The number of hydrogen-bond donors (Lipinski definition) is 0. The van der Waals surface area contributed by atoms with Crippen LogP contribution in [-0.4, -0.2) is 5.78 Å². The van der Waals surface area contributed by atoms with Crippen molar-refractivity contribution in [2.24, 2.45) is 23.2 Å². The number of carbonyl (C=O) groups excluding carboxylic acids is 1. The Morgan fingerprint density at radius 3 is 2.80 bits per heavy atom. The van der Waals surface area contributed by atoms with Gasteiger partial charge in [0.05, 0.1) is 0 Å². The summed E-state index contributed by atoms with van der Waals surface area (Å²) in [5.74, 6) is 2.70. The molecule has 0 radical (unpaired) electrons.